The summed E-state index contributed by atoms with van der Waals surface area (Å²) in [6.45, 7) is 9.18. The fraction of sp³-hybridized carbons (Fsp3) is 0.529. The van der Waals surface area contributed by atoms with Crippen LogP contribution in [0.25, 0.3) is 11.4 Å². The van der Waals surface area contributed by atoms with Gasteiger partial charge in [-0.05, 0) is 32.9 Å². The Balaban J connectivity index is 1.51. The van der Waals surface area contributed by atoms with Crippen molar-refractivity contribution in [3.05, 3.63) is 30.4 Å². The van der Waals surface area contributed by atoms with Gasteiger partial charge < -0.3 is 9.64 Å². The minimum absolute atomic E-state index is 0.245. The highest BCUT2D eigenvalue weighted by atomic mass is 16.6. The van der Waals surface area contributed by atoms with Gasteiger partial charge in [-0.3, -0.25) is 15.0 Å². The molecule has 2 aromatic heterocycles. The van der Waals surface area contributed by atoms with Crippen molar-refractivity contribution in [3.8, 4) is 11.4 Å². The number of pyridine rings is 1. The van der Waals surface area contributed by atoms with Crippen LogP contribution in [-0.4, -0.2) is 67.8 Å². The van der Waals surface area contributed by atoms with Crippen molar-refractivity contribution < 1.29 is 9.53 Å². The number of hydrogen-bond donors (Lipinski definition) is 1. The first-order valence-corrected chi connectivity index (χ1v) is 8.43. The molecule has 0 spiro atoms. The van der Waals surface area contributed by atoms with Crippen LogP contribution in [0.3, 0.4) is 0 Å². The molecule has 1 fully saturated rings. The number of amides is 1. The van der Waals surface area contributed by atoms with Crippen molar-refractivity contribution >= 4 is 6.09 Å². The zero-order chi connectivity index (χ0) is 17.9. The highest BCUT2D eigenvalue weighted by molar-refractivity contribution is 5.68. The summed E-state index contributed by atoms with van der Waals surface area (Å²) in [5, 5.41) is 7.23. The number of hydrogen-bond acceptors (Lipinski definition) is 6. The van der Waals surface area contributed by atoms with Gasteiger partial charge in [-0.2, -0.15) is 5.10 Å². The summed E-state index contributed by atoms with van der Waals surface area (Å²) in [4.78, 5) is 24.7. The second-order valence-corrected chi connectivity index (χ2v) is 7.09. The topological polar surface area (TPSA) is 87.2 Å². The number of aromatic amines is 1. The molecule has 1 aliphatic heterocycles. The summed E-state index contributed by atoms with van der Waals surface area (Å²) in [5.74, 6) is 1.46. The molecule has 1 N–H and O–H groups in total. The zero-order valence-corrected chi connectivity index (χ0v) is 14.9. The lowest BCUT2D eigenvalue weighted by atomic mass is 10.2. The molecular weight excluding hydrogens is 320 g/mol. The highest BCUT2D eigenvalue weighted by Crippen LogP contribution is 2.15. The first kappa shape index (κ1) is 17.3. The third-order valence-corrected chi connectivity index (χ3v) is 3.85. The quantitative estimate of drug-likeness (QED) is 0.915. The normalized spacial score (nSPS) is 16.0. The summed E-state index contributed by atoms with van der Waals surface area (Å²) in [7, 11) is 0. The summed E-state index contributed by atoms with van der Waals surface area (Å²) >= 11 is 0. The van der Waals surface area contributed by atoms with Gasteiger partial charge in [0.2, 0.25) is 0 Å². The summed E-state index contributed by atoms with van der Waals surface area (Å²) in [6.07, 6.45) is 3.22. The Morgan fingerprint density at radius 2 is 2.04 bits per heavy atom. The van der Waals surface area contributed by atoms with E-state index in [1.54, 1.807) is 17.3 Å². The number of nitrogens with one attached hydrogen (secondary N) is 1. The molecular formula is C17H24N6O2. The molecule has 0 aromatic carbocycles. The Hall–Kier alpha value is -2.48. The lowest BCUT2D eigenvalue weighted by Crippen LogP contribution is -2.49. The van der Waals surface area contributed by atoms with Crippen LogP contribution in [0.1, 0.15) is 26.6 Å². The van der Waals surface area contributed by atoms with Crippen LogP contribution in [0.4, 0.5) is 4.79 Å². The minimum Gasteiger partial charge on any atom is -0.444 e. The molecule has 0 saturated carbocycles. The Labute approximate surface area is 147 Å². The molecule has 3 heterocycles. The highest BCUT2D eigenvalue weighted by Gasteiger charge is 2.26. The van der Waals surface area contributed by atoms with Gasteiger partial charge in [-0.1, -0.05) is 0 Å². The molecule has 2 aromatic rings. The van der Waals surface area contributed by atoms with E-state index in [1.807, 2.05) is 32.9 Å². The van der Waals surface area contributed by atoms with Crippen molar-refractivity contribution in [1.29, 1.82) is 0 Å². The molecule has 0 aliphatic carbocycles. The van der Waals surface area contributed by atoms with Crippen LogP contribution in [0.2, 0.25) is 0 Å². The largest absolute Gasteiger partial charge is 0.444 e. The number of nitrogens with zero attached hydrogens (tertiary/aromatic N) is 5. The molecule has 8 nitrogen and oxygen atoms in total. The Kier molecular flexibility index (Phi) is 4.98. The maximum atomic E-state index is 12.1. The minimum atomic E-state index is -0.462. The zero-order valence-electron chi connectivity index (χ0n) is 14.9. The van der Waals surface area contributed by atoms with Gasteiger partial charge in [0.25, 0.3) is 0 Å². The summed E-state index contributed by atoms with van der Waals surface area (Å²) in [6, 6.07) is 3.79. The van der Waals surface area contributed by atoms with Gasteiger partial charge in [-0.25, -0.2) is 9.78 Å². The van der Waals surface area contributed by atoms with Gasteiger partial charge in [0.1, 0.15) is 11.4 Å². The smallest absolute Gasteiger partial charge is 0.410 e. The number of H-pyrrole nitrogens is 1. The van der Waals surface area contributed by atoms with Gasteiger partial charge in [0.05, 0.1) is 6.54 Å². The monoisotopic (exact) mass is 344 g/mol. The van der Waals surface area contributed by atoms with E-state index in [4.69, 9.17) is 4.74 Å². The molecule has 0 atom stereocenters. The molecule has 134 valence electrons. The van der Waals surface area contributed by atoms with E-state index in [0.717, 1.165) is 24.5 Å². The van der Waals surface area contributed by atoms with Gasteiger partial charge in [0, 0.05) is 44.1 Å². The first-order chi connectivity index (χ1) is 11.9. The second-order valence-electron chi connectivity index (χ2n) is 7.09. The Bertz CT molecular complexity index is 701. The second kappa shape index (κ2) is 7.18. The summed E-state index contributed by atoms with van der Waals surface area (Å²) < 4.78 is 5.42. The maximum absolute atomic E-state index is 12.1. The number of rotatable bonds is 3. The van der Waals surface area contributed by atoms with Crippen molar-refractivity contribution in [1.82, 2.24) is 30.0 Å². The van der Waals surface area contributed by atoms with Crippen LogP contribution in [0, 0.1) is 0 Å². The molecule has 3 rings (SSSR count). The molecule has 1 amide bonds. The predicted molar refractivity (Wildman–Crippen MR) is 92.7 cm³/mol. The summed E-state index contributed by atoms with van der Waals surface area (Å²) in [5.41, 5.74) is 0.427. The number of aromatic nitrogens is 4. The van der Waals surface area contributed by atoms with E-state index >= 15 is 0 Å². The fourth-order valence-corrected chi connectivity index (χ4v) is 2.62. The van der Waals surface area contributed by atoms with Gasteiger partial charge >= 0.3 is 6.09 Å². The molecule has 1 saturated heterocycles. The van der Waals surface area contributed by atoms with Crippen molar-refractivity contribution in [2.45, 2.75) is 32.9 Å². The molecule has 0 unspecified atom stereocenters. The standard InChI is InChI=1S/C17H24N6O2/c1-17(2,3)25-16(24)23-9-7-22(8-10-23)12-14-19-15(21-20-14)13-5-4-6-18-11-13/h4-6,11H,7-10,12H2,1-3H3,(H,19,20,21). The predicted octanol–water partition coefficient (Wildman–Crippen LogP) is 1.92. The third kappa shape index (κ3) is 4.76. The van der Waals surface area contributed by atoms with Crippen LogP contribution < -0.4 is 0 Å². The Morgan fingerprint density at radius 1 is 1.28 bits per heavy atom. The molecule has 0 bridgehead atoms. The van der Waals surface area contributed by atoms with Crippen LogP contribution in [0.5, 0.6) is 0 Å². The molecule has 25 heavy (non-hydrogen) atoms. The van der Waals surface area contributed by atoms with Gasteiger partial charge in [-0.15, -0.1) is 0 Å². The van der Waals surface area contributed by atoms with Gasteiger partial charge in [0.15, 0.2) is 5.82 Å². The van der Waals surface area contributed by atoms with E-state index < -0.39 is 5.60 Å². The molecule has 8 heteroatoms. The van der Waals surface area contributed by atoms with E-state index in [0.29, 0.717) is 25.5 Å². The van der Waals surface area contributed by atoms with Crippen LogP contribution >= 0.6 is 0 Å². The first-order valence-electron chi connectivity index (χ1n) is 8.43. The average Bonchev–Trinajstić information content (AvgIpc) is 3.03. The molecule has 1 aliphatic rings. The number of carbonyl (C=O) groups is 1. The Morgan fingerprint density at radius 3 is 2.68 bits per heavy atom. The number of carbonyl (C=O) groups excluding carboxylic acids is 1. The van der Waals surface area contributed by atoms with Crippen molar-refractivity contribution in [2.75, 3.05) is 26.2 Å². The molecule has 0 radical (unpaired) electrons. The fourth-order valence-electron chi connectivity index (χ4n) is 2.62. The SMILES string of the molecule is CC(C)(C)OC(=O)N1CCN(Cc2nc(-c3cccnc3)n[nH]2)CC1. The number of piperazine rings is 1. The maximum Gasteiger partial charge on any atom is 0.410 e. The van der Waals surface area contributed by atoms with Crippen LogP contribution in [-0.2, 0) is 11.3 Å². The van der Waals surface area contributed by atoms with Crippen molar-refractivity contribution in [3.63, 3.8) is 0 Å². The van der Waals surface area contributed by atoms with E-state index in [9.17, 15) is 4.79 Å². The average molecular weight is 344 g/mol. The number of ether oxygens (including phenoxy) is 1. The van der Waals surface area contributed by atoms with E-state index in [2.05, 4.69) is 25.1 Å². The van der Waals surface area contributed by atoms with Crippen molar-refractivity contribution in [2.24, 2.45) is 0 Å². The lowest BCUT2D eigenvalue weighted by Gasteiger charge is -2.35. The van der Waals surface area contributed by atoms with E-state index in [-0.39, 0.29) is 6.09 Å². The van der Waals surface area contributed by atoms with E-state index in [1.165, 1.54) is 0 Å². The van der Waals surface area contributed by atoms with Crippen LogP contribution in [0.15, 0.2) is 24.5 Å². The third-order valence-electron chi connectivity index (χ3n) is 3.85. The lowest BCUT2D eigenvalue weighted by molar-refractivity contribution is 0.0137.